The van der Waals surface area contributed by atoms with Crippen LogP contribution < -0.4 is 5.32 Å². The third kappa shape index (κ3) is 1.23. The van der Waals surface area contributed by atoms with Crippen molar-refractivity contribution in [3.63, 3.8) is 0 Å². The van der Waals surface area contributed by atoms with Gasteiger partial charge < -0.3 is 10.3 Å². The van der Waals surface area contributed by atoms with Crippen LogP contribution in [0.4, 0.5) is 0 Å². The summed E-state index contributed by atoms with van der Waals surface area (Å²) in [5, 5.41) is 14.0. The number of aromatic amines is 1. The van der Waals surface area contributed by atoms with Gasteiger partial charge in [-0.05, 0) is 36.5 Å². The van der Waals surface area contributed by atoms with Crippen molar-refractivity contribution in [3.05, 3.63) is 40.6 Å². The molecule has 0 unspecified atom stereocenters. The molecule has 1 aliphatic heterocycles. The Kier molecular flexibility index (Phi) is 1.84. The molecule has 1 aliphatic carbocycles. The summed E-state index contributed by atoms with van der Waals surface area (Å²) < 4.78 is 0. The second-order valence-corrected chi connectivity index (χ2v) is 4.97. The van der Waals surface area contributed by atoms with Gasteiger partial charge in [-0.25, -0.2) is 0 Å². The molecule has 0 amide bonds. The second-order valence-electron chi connectivity index (χ2n) is 4.97. The molecule has 1 fully saturated rings. The minimum Gasteiger partial charge on any atom is -0.384 e. The lowest BCUT2D eigenvalue weighted by Gasteiger charge is -2.08. The van der Waals surface area contributed by atoms with Gasteiger partial charge in [-0.2, -0.15) is 5.26 Å². The van der Waals surface area contributed by atoms with E-state index in [1.54, 1.807) is 0 Å². The van der Waals surface area contributed by atoms with Crippen molar-refractivity contribution in [2.75, 3.05) is 6.54 Å². The zero-order valence-electron chi connectivity index (χ0n) is 10.0. The average Bonchev–Trinajstić information content (AvgIpc) is 3.17. The maximum absolute atomic E-state index is 9.23. The molecule has 1 saturated carbocycles. The van der Waals surface area contributed by atoms with Crippen LogP contribution in [0, 0.1) is 11.3 Å². The quantitative estimate of drug-likeness (QED) is 0.737. The van der Waals surface area contributed by atoms with Crippen molar-refractivity contribution < 1.29 is 0 Å². The lowest BCUT2D eigenvalue weighted by molar-refractivity contribution is 0.857. The molecule has 0 spiro atoms. The van der Waals surface area contributed by atoms with Crippen LogP contribution in [0.2, 0.25) is 0 Å². The van der Waals surface area contributed by atoms with E-state index >= 15 is 0 Å². The van der Waals surface area contributed by atoms with Gasteiger partial charge in [-0.15, -0.1) is 0 Å². The van der Waals surface area contributed by atoms with Gasteiger partial charge in [-0.3, -0.25) is 0 Å². The summed E-state index contributed by atoms with van der Waals surface area (Å²) in [6.07, 6.45) is 3.34. The van der Waals surface area contributed by atoms with E-state index in [0.29, 0.717) is 0 Å². The van der Waals surface area contributed by atoms with Gasteiger partial charge in [0.05, 0.1) is 0 Å². The van der Waals surface area contributed by atoms with Crippen LogP contribution in [-0.4, -0.2) is 11.5 Å². The third-order valence-corrected chi connectivity index (χ3v) is 3.84. The number of allylic oxidation sites excluding steroid dienone is 1. The largest absolute Gasteiger partial charge is 0.384 e. The molecule has 18 heavy (non-hydrogen) atoms. The molecule has 0 radical (unpaired) electrons. The van der Waals surface area contributed by atoms with Gasteiger partial charge in [0.25, 0.3) is 0 Å². The fourth-order valence-corrected chi connectivity index (χ4v) is 2.91. The van der Waals surface area contributed by atoms with Crippen molar-refractivity contribution in [2.24, 2.45) is 0 Å². The Balaban J connectivity index is 2.13. The zero-order chi connectivity index (χ0) is 12.1. The molecule has 88 valence electrons. The van der Waals surface area contributed by atoms with Crippen molar-refractivity contribution >= 4 is 16.6 Å². The molecule has 0 atom stereocenters. The molecule has 2 N–H and O–H groups in total. The highest BCUT2D eigenvalue weighted by Gasteiger charge is 2.24. The number of nitrogens with zero attached hydrogens (tertiary/aromatic N) is 1. The van der Waals surface area contributed by atoms with Crippen LogP contribution in [0.5, 0.6) is 0 Å². The number of rotatable bonds is 0. The van der Waals surface area contributed by atoms with E-state index in [4.69, 9.17) is 0 Å². The van der Waals surface area contributed by atoms with Gasteiger partial charge in [0, 0.05) is 28.7 Å². The van der Waals surface area contributed by atoms with E-state index in [-0.39, 0.29) is 0 Å². The number of hydrogen-bond donors (Lipinski definition) is 2. The van der Waals surface area contributed by atoms with Crippen LogP contribution in [0.3, 0.4) is 0 Å². The fourth-order valence-electron chi connectivity index (χ4n) is 2.91. The van der Waals surface area contributed by atoms with E-state index in [1.807, 2.05) is 0 Å². The summed E-state index contributed by atoms with van der Waals surface area (Å²) in [6.45, 7) is 0.912. The number of nitrogens with one attached hydrogen (secondary N) is 2. The molecule has 2 heterocycles. The van der Waals surface area contributed by atoms with E-state index in [2.05, 4.69) is 34.6 Å². The molecule has 4 rings (SSSR count). The molecule has 2 aliphatic rings. The summed E-state index contributed by atoms with van der Waals surface area (Å²) in [7, 11) is 0. The number of H-pyrrole nitrogens is 1. The Labute approximate surface area is 105 Å². The van der Waals surface area contributed by atoms with Crippen LogP contribution in [0.25, 0.3) is 16.6 Å². The minimum atomic E-state index is 0.723. The van der Waals surface area contributed by atoms with E-state index in [9.17, 15) is 5.26 Å². The van der Waals surface area contributed by atoms with Gasteiger partial charge in [0.15, 0.2) is 0 Å². The monoisotopic (exact) mass is 235 g/mol. The summed E-state index contributed by atoms with van der Waals surface area (Å²) in [5.41, 5.74) is 7.08. The smallest absolute Gasteiger partial charge is 0.121 e. The van der Waals surface area contributed by atoms with Crippen molar-refractivity contribution in [2.45, 2.75) is 19.3 Å². The normalized spacial score (nSPS) is 17.3. The number of benzene rings is 1. The molecule has 3 heteroatoms. The summed E-state index contributed by atoms with van der Waals surface area (Å²) in [6, 6.07) is 8.58. The van der Waals surface area contributed by atoms with E-state index < -0.39 is 0 Å². The van der Waals surface area contributed by atoms with Crippen LogP contribution >= 0.6 is 0 Å². The molecular formula is C15H13N3. The molecular weight excluding hydrogens is 222 g/mol. The van der Waals surface area contributed by atoms with E-state index in [1.165, 1.54) is 40.6 Å². The van der Waals surface area contributed by atoms with Gasteiger partial charge in [0.1, 0.15) is 11.8 Å². The Morgan fingerprint density at radius 2 is 2.06 bits per heavy atom. The van der Waals surface area contributed by atoms with E-state index in [0.717, 1.165) is 24.2 Å². The third-order valence-electron chi connectivity index (χ3n) is 3.84. The Bertz CT molecular complexity index is 722. The molecule has 3 nitrogen and oxygen atoms in total. The highest BCUT2D eigenvalue weighted by atomic mass is 14.9. The van der Waals surface area contributed by atoms with Gasteiger partial charge >= 0.3 is 0 Å². The molecule has 2 aromatic rings. The zero-order valence-corrected chi connectivity index (χ0v) is 10.0. The first-order valence-electron chi connectivity index (χ1n) is 6.38. The molecule has 1 aromatic carbocycles. The topological polar surface area (TPSA) is 51.6 Å². The molecule has 0 saturated heterocycles. The molecule has 0 bridgehead atoms. The average molecular weight is 235 g/mol. The summed E-state index contributed by atoms with van der Waals surface area (Å²) >= 11 is 0. The standard InChI is InChI=1S/C15H13N3/c16-8-13-10-6-7-17-15(9-4-5-9)11-2-1-3-12(18-13)14(10)11/h1-3,17-18H,4-7H2. The summed E-state index contributed by atoms with van der Waals surface area (Å²) in [4.78, 5) is 3.24. The van der Waals surface area contributed by atoms with Gasteiger partial charge in [0.2, 0.25) is 0 Å². The first kappa shape index (κ1) is 9.78. The maximum atomic E-state index is 9.23. The van der Waals surface area contributed by atoms with Crippen molar-refractivity contribution in [1.82, 2.24) is 10.3 Å². The predicted octanol–water partition coefficient (Wildman–Crippen LogP) is 2.69. The predicted molar refractivity (Wildman–Crippen MR) is 70.9 cm³/mol. The first-order chi connectivity index (χ1) is 8.88. The lowest BCUT2D eigenvalue weighted by atomic mass is 10.0. The first-order valence-corrected chi connectivity index (χ1v) is 6.38. The highest BCUT2D eigenvalue weighted by Crippen LogP contribution is 2.39. The number of hydrogen-bond acceptors (Lipinski definition) is 2. The Morgan fingerprint density at radius 3 is 2.83 bits per heavy atom. The van der Waals surface area contributed by atoms with Crippen LogP contribution in [-0.2, 0) is 6.42 Å². The van der Waals surface area contributed by atoms with Gasteiger partial charge in [-0.1, -0.05) is 12.1 Å². The number of aromatic nitrogens is 1. The SMILES string of the molecule is N#Cc1[nH]c2cccc3c2c1CCNC3=C1CC1. The summed E-state index contributed by atoms with van der Waals surface area (Å²) in [5.74, 6) is 0. The maximum Gasteiger partial charge on any atom is 0.121 e. The lowest BCUT2D eigenvalue weighted by Crippen LogP contribution is -2.13. The highest BCUT2D eigenvalue weighted by molar-refractivity contribution is 5.97. The van der Waals surface area contributed by atoms with Crippen LogP contribution in [0.15, 0.2) is 23.8 Å². The minimum absolute atomic E-state index is 0.723. The van der Waals surface area contributed by atoms with Crippen LogP contribution in [0.1, 0.15) is 29.7 Å². The van der Waals surface area contributed by atoms with Crippen molar-refractivity contribution in [1.29, 1.82) is 5.26 Å². The molecule has 1 aromatic heterocycles. The Hall–Kier alpha value is -2.21. The number of nitriles is 1. The Morgan fingerprint density at radius 1 is 1.17 bits per heavy atom. The van der Waals surface area contributed by atoms with Crippen molar-refractivity contribution in [3.8, 4) is 6.07 Å². The fraction of sp³-hybridized carbons (Fsp3) is 0.267. The second kappa shape index (κ2) is 3.39.